The molecule has 1 N–H and O–H groups in total. The quantitative estimate of drug-likeness (QED) is 0.869. The molecular formula is C15H23NO2. The first-order valence-corrected chi connectivity index (χ1v) is 6.74. The van der Waals surface area contributed by atoms with Crippen LogP contribution in [0.5, 0.6) is 5.75 Å². The Morgan fingerprint density at radius 2 is 1.94 bits per heavy atom. The molecule has 0 radical (unpaired) electrons. The van der Waals surface area contributed by atoms with Crippen molar-refractivity contribution in [1.82, 2.24) is 5.32 Å². The van der Waals surface area contributed by atoms with E-state index in [1.54, 1.807) is 7.11 Å². The van der Waals surface area contributed by atoms with Crippen molar-refractivity contribution in [3.63, 3.8) is 0 Å². The molecular weight excluding hydrogens is 226 g/mol. The first kappa shape index (κ1) is 13.4. The van der Waals surface area contributed by atoms with Crippen molar-refractivity contribution in [1.29, 1.82) is 0 Å². The van der Waals surface area contributed by atoms with Gasteiger partial charge >= 0.3 is 0 Å². The van der Waals surface area contributed by atoms with Crippen molar-refractivity contribution in [2.75, 3.05) is 20.3 Å². The lowest BCUT2D eigenvalue weighted by molar-refractivity contribution is 0.0755. The van der Waals surface area contributed by atoms with E-state index in [9.17, 15) is 0 Å². The highest BCUT2D eigenvalue weighted by Crippen LogP contribution is 2.14. The Morgan fingerprint density at radius 3 is 2.56 bits per heavy atom. The molecule has 1 fully saturated rings. The van der Waals surface area contributed by atoms with Crippen LogP contribution >= 0.6 is 0 Å². The van der Waals surface area contributed by atoms with Crippen molar-refractivity contribution in [2.45, 2.75) is 38.3 Å². The molecule has 1 atom stereocenters. The zero-order valence-corrected chi connectivity index (χ0v) is 11.3. The van der Waals surface area contributed by atoms with E-state index >= 15 is 0 Å². The highest BCUT2D eigenvalue weighted by molar-refractivity contribution is 5.27. The van der Waals surface area contributed by atoms with Gasteiger partial charge in [-0.25, -0.2) is 0 Å². The maximum Gasteiger partial charge on any atom is 0.118 e. The lowest BCUT2D eigenvalue weighted by atomic mass is 10.0. The van der Waals surface area contributed by atoms with Crippen LogP contribution in [0.15, 0.2) is 24.3 Å². The minimum absolute atomic E-state index is 0.501. The predicted molar refractivity (Wildman–Crippen MR) is 73.1 cm³/mol. The normalized spacial score (nSPS) is 18.6. The monoisotopic (exact) mass is 249 g/mol. The van der Waals surface area contributed by atoms with Gasteiger partial charge in [-0.15, -0.1) is 0 Å². The summed E-state index contributed by atoms with van der Waals surface area (Å²) in [5.41, 5.74) is 1.35. The Labute approximate surface area is 109 Å². The van der Waals surface area contributed by atoms with Gasteiger partial charge in [-0.2, -0.15) is 0 Å². The summed E-state index contributed by atoms with van der Waals surface area (Å²) in [6.07, 6.45) is 3.32. The van der Waals surface area contributed by atoms with Gasteiger partial charge in [0.2, 0.25) is 0 Å². The lowest BCUT2D eigenvalue weighted by Crippen LogP contribution is -2.41. The van der Waals surface area contributed by atoms with Crippen LogP contribution in [0.25, 0.3) is 0 Å². The number of ether oxygens (including phenoxy) is 2. The molecule has 1 heterocycles. The molecule has 1 unspecified atom stereocenters. The molecule has 100 valence electrons. The predicted octanol–water partition coefficient (Wildman–Crippen LogP) is 2.39. The second-order valence-electron chi connectivity index (χ2n) is 5.01. The average molecular weight is 249 g/mol. The lowest BCUT2D eigenvalue weighted by Gasteiger charge is -2.26. The van der Waals surface area contributed by atoms with E-state index in [-0.39, 0.29) is 0 Å². The van der Waals surface area contributed by atoms with Gasteiger partial charge in [-0.3, -0.25) is 0 Å². The second kappa shape index (κ2) is 6.76. The molecule has 0 bridgehead atoms. The number of hydrogen-bond donors (Lipinski definition) is 1. The number of methoxy groups -OCH3 is 1. The highest BCUT2D eigenvalue weighted by Gasteiger charge is 2.15. The third-order valence-electron chi connectivity index (χ3n) is 3.44. The van der Waals surface area contributed by atoms with Crippen molar-refractivity contribution in [3.8, 4) is 5.75 Å². The van der Waals surface area contributed by atoms with E-state index in [1.165, 1.54) is 5.56 Å². The van der Waals surface area contributed by atoms with Crippen LogP contribution in [0.3, 0.4) is 0 Å². The van der Waals surface area contributed by atoms with Crippen LogP contribution in [-0.4, -0.2) is 32.4 Å². The maximum absolute atomic E-state index is 5.37. The van der Waals surface area contributed by atoms with Crippen LogP contribution in [0.2, 0.25) is 0 Å². The fraction of sp³-hybridized carbons (Fsp3) is 0.600. The smallest absolute Gasteiger partial charge is 0.118 e. The Balaban J connectivity index is 1.80. The Morgan fingerprint density at radius 1 is 1.28 bits per heavy atom. The standard InChI is InChI=1S/C15H23NO2/c1-12(16-14-7-9-18-10-8-14)11-13-3-5-15(17-2)6-4-13/h3-6,12,14,16H,7-11H2,1-2H3. The Bertz CT molecular complexity index is 344. The molecule has 0 aromatic heterocycles. The molecule has 1 aliphatic heterocycles. The van der Waals surface area contributed by atoms with Gasteiger partial charge in [-0.05, 0) is 43.9 Å². The largest absolute Gasteiger partial charge is 0.497 e. The fourth-order valence-corrected chi connectivity index (χ4v) is 2.44. The van der Waals surface area contributed by atoms with Crippen LogP contribution < -0.4 is 10.1 Å². The summed E-state index contributed by atoms with van der Waals surface area (Å²) >= 11 is 0. The van der Waals surface area contributed by atoms with Crippen LogP contribution in [0.1, 0.15) is 25.3 Å². The number of hydrogen-bond acceptors (Lipinski definition) is 3. The van der Waals surface area contributed by atoms with Crippen LogP contribution in [0, 0.1) is 0 Å². The zero-order chi connectivity index (χ0) is 12.8. The summed E-state index contributed by atoms with van der Waals surface area (Å²) in [6, 6.07) is 9.45. The SMILES string of the molecule is COc1ccc(CC(C)NC2CCOCC2)cc1. The van der Waals surface area contributed by atoms with Crippen LogP contribution in [-0.2, 0) is 11.2 Å². The molecule has 2 rings (SSSR count). The van der Waals surface area contributed by atoms with Gasteiger partial charge in [-0.1, -0.05) is 12.1 Å². The van der Waals surface area contributed by atoms with Gasteiger partial charge < -0.3 is 14.8 Å². The molecule has 1 aromatic carbocycles. The number of rotatable bonds is 5. The Hall–Kier alpha value is -1.06. The summed E-state index contributed by atoms with van der Waals surface area (Å²) in [5.74, 6) is 0.920. The van der Waals surface area contributed by atoms with E-state index < -0.39 is 0 Å². The molecule has 1 aliphatic rings. The molecule has 0 saturated carbocycles. The molecule has 0 amide bonds. The molecule has 3 heteroatoms. The van der Waals surface area contributed by atoms with Crippen molar-refractivity contribution >= 4 is 0 Å². The van der Waals surface area contributed by atoms with Gasteiger partial charge in [0, 0.05) is 25.3 Å². The second-order valence-corrected chi connectivity index (χ2v) is 5.01. The van der Waals surface area contributed by atoms with Crippen molar-refractivity contribution in [2.24, 2.45) is 0 Å². The van der Waals surface area contributed by atoms with Gasteiger partial charge in [0.1, 0.15) is 5.75 Å². The Kier molecular flexibility index (Phi) is 5.02. The molecule has 1 saturated heterocycles. The van der Waals surface area contributed by atoms with E-state index in [0.717, 1.165) is 38.2 Å². The topological polar surface area (TPSA) is 30.5 Å². The number of nitrogens with one attached hydrogen (secondary N) is 1. The van der Waals surface area contributed by atoms with E-state index in [2.05, 4.69) is 24.4 Å². The minimum atomic E-state index is 0.501. The summed E-state index contributed by atoms with van der Waals surface area (Å²) in [4.78, 5) is 0. The fourth-order valence-electron chi connectivity index (χ4n) is 2.44. The first-order chi connectivity index (χ1) is 8.78. The summed E-state index contributed by atoms with van der Waals surface area (Å²) in [7, 11) is 1.70. The molecule has 1 aromatic rings. The summed E-state index contributed by atoms with van der Waals surface area (Å²) < 4.78 is 10.5. The van der Waals surface area contributed by atoms with Crippen molar-refractivity contribution < 1.29 is 9.47 Å². The minimum Gasteiger partial charge on any atom is -0.497 e. The van der Waals surface area contributed by atoms with Gasteiger partial charge in [0.15, 0.2) is 0 Å². The van der Waals surface area contributed by atoms with E-state index in [1.807, 2.05) is 12.1 Å². The molecule has 0 spiro atoms. The number of benzene rings is 1. The molecule has 0 aliphatic carbocycles. The third kappa shape index (κ3) is 4.00. The van der Waals surface area contributed by atoms with Gasteiger partial charge in [0.05, 0.1) is 7.11 Å². The van der Waals surface area contributed by atoms with E-state index in [4.69, 9.17) is 9.47 Å². The van der Waals surface area contributed by atoms with Crippen molar-refractivity contribution in [3.05, 3.63) is 29.8 Å². The average Bonchev–Trinajstić information content (AvgIpc) is 2.40. The molecule has 18 heavy (non-hydrogen) atoms. The highest BCUT2D eigenvalue weighted by atomic mass is 16.5. The van der Waals surface area contributed by atoms with E-state index in [0.29, 0.717) is 12.1 Å². The maximum atomic E-state index is 5.37. The first-order valence-electron chi connectivity index (χ1n) is 6.74. The van der Waals surface area contributed by atoms with Gasteiger partial charge in [0.25, 0.3) is 0 Å². The third-order valence-corrected chi connectivity index (χ3v) is 3.44. The summed E-state index contributed by atoms with van der Waals surface area (Å²) in [5, 5.41) is 3.68. The zero-order valence-electron chi connectivity index (χ0n) is 11.3. The molecule has 3 nitrogen and oxygen atoms in total. The summed E-state index contributed by atoms with van der Waals surface area (Å²) in [6.45, 7) is 4.04. The van der Waals surface area contributed by atoms with Crippen LogP contribution in [0.4, 0.5) is 0 Å².